The molecule has 0 saturated carbocycles. The zero-order chi connectivity index (χ0) is 0. The van der Waals surface area contributed by atoms with E-state index < -0.39 is 0 Å². The molecule has 0 unspecified atom stereocenters. The van der Waals surface area contributed by atoms with E-state index in [-0.39, 0.29) is 61.8 Å². The molecular formula is AlOZn2+5. The summed E-state index contributed by atoms with van der Waals surface area (Å²) in [5.74, 6) is 0. The van der Waals surface area contributed by atoms with E-state index in [1.807, 2.05) is 0 Å². The van der Waals surface area contributed by atoms with Crippen LogP contribution in [0.1, 0.15) is 0 Å². The summed E-state index contributed by atoms with van der Waals surface area (Å²) in [4.78, 5) is 0. The van der Waals surface area contributed by atoms with Crippen LogP contribution in [-0.2, 0) is 44.4 Å². The van der Waals surface area contributed by atoms with Gasteiger partial charge in [0.2, 0.25) is 0 Å². The average Bonchev–Trinajstić information content (AvgIpc) is 0. The monoisotopic (exact) mass is 171 g/mol. The predicted molar refractivity (Wildman–Crippen MR) is 6.44 cm³/mol. The van der Waals surface area contributed by atoms with Gasteiger partial charge in [0.25, 0.3) is 0 Å². The van der Waals surface area contributed by atoms with Crippen molar-refractivity contribution in [2.24, 2.45) is 0 Å². The first-order valence-corrected chi connectivity index (χ1v) is 0. The van der Waals surface area contributed by atoms with Gasteiger partial charge in [-0.1, -0.05) is 0 Å². The Hall–Kier alpha value is 1.74. The van der Waals surface area contributed by atoms with Crippen molar-refractivity contribution in [3.05, 3.63) is 0 Å². The Morgan fingerprint density at radius 3 is 0.750 bits per heavy atom. The molecule has 8 valence electrons. The molecular weight excluding hydrogens is 174 g/mol. The van der Waals surface area contributed by atoms with Gasteiger partial charge >= 0.3 is 56.3 Å². The van der Waals surface area contributed by atoms with Crippen LogP contribution >= 0.6 is 0 Å². The van der Waals surface area contributed by atoms with Crippen LogP contribution in [0.3, 0.4) is 0 Å². The molecule has 0 heterocycles. The molecule has 0 aromatic carbocycles. The molecule has 1 nitrogen and oxygen atoms in total. The molecule has 0 radical (unpaired) electrons. The average molecular weight is 174 g/mol. The van der Waals surface area contributed by atoms with Crippen molar-refractivity contribution in [1.29, 1.82) is 0 Å². The second kappa shape index (κ2) is 21.9. The van der Waals surface area contributed by atoms with Gasteiger partial charge in [0.1, 0.15) is 0 Å². The SMILES string of the molecule is [Al+3].[O-2].[Zn+2].[Zn+2]. The minimum Gasteiger partial charge on any atom is -2.00 e. The molecule has 0 aliphatic heterocycles. The summed E-state index contributed by atoms with van der Waals surface area (Å²) in [6, 6.07) is 0. The van der Waals surface area contributed by atoms with Gasteiger partial charge in [-0.05, 0) is 0 Å². The Kier molecular flexibility index (Phi) is 233. The van der Waals surface area contributed by atoms with Gasteiger partial charge in [-0.25, -0.2) is 0 Å². The van der Waals surface area contributed by atoms with Crippen LogP contribution in [0.25, 0.3) is 0 Å². The van der Waals surface area contributed by atoms with Crippen LogP contribution in [0.5, 0.6) is 0 Å². The first kappa shape index (κ1) is 42.6. The topological polar surface area (TPSA) is 28.5 Å². The first-order chi connectivity index (χ1) is 0. The Labute approximate surface area is 61.5 Å². The van der Waals surface area contributed by atoms with E-state index in [0.29, 0.717) is 0 Å². The van der Waals surface area contributed by atoms with Crippen LogP contribution in [-0.4, -0.2) is 17.4 Å². The van der Waals surface area contributed by atoms with Gasteiger partial charge < -0.3 is 5.48 Å². The third kappa shape index (κ3) is 9.28. The van der Waals surface area contributed by atoms with Gasteiger partial charge in [-0.2, -0.15) is 0 Å². The molecule has 0 aromatic rings. The molecule has 0 rings (SSSR count). The van der Waals surface area contributed by atoms with Gasteiger partial charge in [0.15, 0.2) is 0 Å². The molecule has 0 aromatic heterocycles. The summed E-state index contributed by atoms with van der Waals surface area (Å²) in [5.41, 5.74) is 0. The Morgan fingerprint density at radius 1 is 0.750 bits per heavy atom. The predicted octanol–water partition coefficient (Wildman–Crippen LogP) is -0.505. The summed E-state index contributed by atoms with van der Waals surface area (Å²) < 4.78 is 0. The first-order valence-electron chi connectivity index (χ1n) is 0. The Morgan fingerprint density at radius 2 is 0.750 bits per heavy atom. The molecule has 0 bridgehead atoms. The standard InChI is InChI=1S/Al.O.2Zn/q+3;-2;2*+2. The van der Waals surface area contributed by atoms with Gasteiger partial charge in [0.05, 0.1) is 0 Å². The molecule has 4 heteroatoms. The van der Waals surface area contributed by atoms with Crippen LogP contribution in [0.4, 0.5) is 0 Å². The Bertz CT molecular complexity index is 6.00. The van der Waals surface area contributed by atoms with Crippen molar-refractivity contribution in [3.63, 3.8) is 0 Å². The fourth-order valence-corrected chi connectivity index (χ4v) is 0. The molecule has 0 aliphatic rings. The van der Waals surface area contributed by atoms with Crippen molar-refractivity contribution in [1.82, 2.24) is 0 Å². The van der Waals surface area contributed by atoms with Crippen molar-refractivity contribution in [2.45, 2.75) is 0 Å². The summed E-state index contributed by atoms with van der Waals surface area (Å²) in [7, 11) is 0. The zero-order valence-electron chi connectivity index (χ0n) is 2.40. The summed E-state index contributed by atoms with van der Waals surface area (Å²) in [6.45, 7) is 0. The molecule has 0 spiro atoms. The second-order valence-corrected chi connectivity index (χ2v) is 0. The van der Waals surface area contributed by atoms with Gasteiger partial charge in [-0.3, -0.25) is 0 Å². The van der Waals surface area contributed by atoms with Gasteiger partial charge in [-0.15, -0.1) is 0 Å². The maximum atomic E-state index is 0. The molecule has 0 amide bonds. The van der Waals surface area contributed by atoms with E-state index in [1.54, 1.807) is 0 Å². The third-order valence-electron chi connectivity index (χ3n) is 0. The van der Waals surface area contributed by atoms with Crippen molar-refractivity contribution >= 4 is 17.4 Å². The van der Waals surface area contributed by atoms with E-state index in [4.69, 9.17) is 0 Å². The van der Waals surface area contributed by atoms with E-state index in [2.05, 4.69) is 0 Å². The third-order valence-corrected chi connectivity index (χ3v) is 0. The fraction of sp³-hybridized carbons (Fsp3) is 0. The molecule has 0 fully saturated rings. The van der Waals surface area contributed by atoms with E-state index in [9.17, 15) is 0 Å². The summed E-state index contributed by atoms with van der Waals surface area (Å²) in [5, 5.41) is 0. The Balaban J connectivity index is 0. The largest absolute Gasteiger partial charge is 3.00 e. The van der Waals surface area contributed by atoms with Crippen LogP contribution in [0, 0.1) is 0 Å². The van der Waals surface area contributed by atoms with Crippen molar-refractivity contribution in [2.75, 3.05) is 0 Å². The number of hydrogen-bond acceptors (Lipinski definition) is 0. The van der Waals surface area contributed by atoms with Crippen LogP contribution < -0.4 is 0 Å². The minimum atomic E-state index is 0. The summed E-state index contributed by atoms with van der Waals surface area (Å²) >= 11 is 0. The number of rotatable bonds is 0. The molecule has 0 atom stereocenters. The van der Waals surface area contributed by atoms with Crippen molar-refractivity contribution in [3.8, 4) is 0 Å². The molecule has 0 N–H and O–H groups in total. The molecule has 4 heavy (non-hydrogen) atoms. The maximum absolute atomic E-state index is 0. The van der Waals surface area contributed by atoms with Gasteiger partial charge in [0, 0.05) is 0 Å². The quantitative estimate of drug-likeness (QED) is 0.442. The smallest absolute Gasteiger partial charge is 2.00 e. The maximum Gasteiger partial charge on any atom is 3.00 e. The van der Waals surface area contributed by atoms with Crippen LogP contribution in [0.2, 0.25) is 0 Å². The second-order valence-electron chi connectivity index (χ2n) is 0. The van der Waals surface area contributed by atoms with Crippen molar-refractivity contribution < 1.29 is 44.4 Å². The van der Waals surface area contributed by atoms with E-state index in [1.165, 1.54) is 0 Å². The molecule has 0 aliphatic carbocycles. The van der Waals surface area contributed by atoms with E-state index >= 15 is 0 Å². The summed E-state index contributed by atoms with van der Waals surface area (Å²) in [6.07, 6.45) is 0. The minimum absolute atomic E-state index is 0. The normalized spacial score (nSPS) is 0. The zero-order valence-corrected chi connectivity index (χ0v) is 9.49. The molecule has 0 saturated heterocycles. The fourth-order valence-electron chi connectivity index (χ4n) is 0. The van der Waals surface area contributed by atoms with E-state index in [0.717, 1.165) is 0 Å². The van der Waals surface area contributed by atoms with Crippen LogP contribution in [0.15, 0.2) is 0 Å². The number of hydrogen-bond donors (Lipinski definition) is 0.